The van der Waals surface area contributed by atoms with Crippen LogP contribution in [0.25, 0.3) is 0 Å². The molecule has 1 saturated heterocycles. The normalized spacial score (nSPS) is 17.0. The Bertz CT molecular complexity index is 413. The van der Waals surface area contributed by atoms with E-state index in [0.717, 1.165) is 58.5 Å². The first-order chi connectivity index (χ1) is 10.3. The van der Waals surface area contributed by atoms with Crippen molar-refractivity contribution in [1.29, 1.82) is 0 Å². The second-order valence-corrected chi connectivity index (χ2v) is 5.66. The molecule has 0 unspecified atom stereocenters. The number of carbonyl (C=O) groups is 1. The number of nitrogens with zero attached hydrogens (tertiary/aromatic N) is 1. The number of carboxylic acids is 1. The average molecular weight is 291 g/mol. The van der Waals surface area contributed by atoms with E-state index in [2.05, 4.69) is 29.2 Å². The number of hydrogen-bond donors (Lipinski definition) is 1. The van der Waals surface area contributed by atoms with Crippen LogP contribution >= 0.6 is 0 Å². The highest BCUT2D eigenvalue weighted by Gasteiger charge is 2.23. The first-order valence-electron chi connectivity index (χ1n) is 7.82. The standard InChI is InChI=1S/C17H25NO3/c19-17(20)16-7-11-18(12-8-16)10-4-13-21-14-9-15-5-2-1-3-6-15/h1-3,5-6,16H,4,7-14H2,(H,19,20). The van der Waals surface area contributed by atoms with Gasteiger partial charge in [0.15, 0.2) is 0 Å². The molecule has 0 aromatic heterocycles. The SMILES string of the molecule is O=C(O)C1CCN(CCCOCCc2ccccc2)CC1. The van der Waals surface area contributed by atoms with E-state index in [0.29, 0.717) is 0 Å². The van der Waals surface area contributed by atoms with Crippen molar-refractivity contribution in [1.82, 2.24) is 4.90 Å². The van der Waals surface area contributed by atoms with Gasteiger partial charge >= 0.3 is 5.97 Å². The molecule has 0 bridgehead atoms. The fraction of sp³-hybridized carbons (Fsp3) is 0.588. The van der Waals surface area contributed by atoms with E-state index in [1.54, 1.807) is 0 Å². The number of likely N-dealkylation sites (tertiary alicyclic amines) is 1. The summed E-state index contributed by atoms with van der Waals surface area (Å²) in [5.74, 6) is -0.776. The summed E-state index contributed by atoms with van der Waals surface area (Å²) in [6.07, 6.45) is 3.55. The lowest BCUT2D eigenvalue weighted by Gasteiger charge is -2.29. The minimum absolute atomic E-state index is 0.136. The van der Waals surface area contributed by atoms with Crippen molar-refractivity contribution in [2.75, 3.05) is 32.8 Å². The molecule has 1 heterocycles. The molecule has 4 heteroatoms. The number of carboxylic acid groups (broad SMARTS) is 1. The predicted molar refractivity (Wildman–Crippen MR) is 82.4 cm³/mol. The molecule has 1 aromatic rings. The third-order valence-corrected chi connectivity index (χ3v) is 4.08. The summed E-state index contributed by atoms with van der Waals surface area (Å²) in [6, 6.07) is 10.4. The Kier molecular flexibility index (Phi) is 6.70. The topological polar surface area (TPSA) is 49.8 Å². The smallest absolute Gasteiger partial charge is 0.306 e. The quantitative estimate of drug-likeness (QED) is 0.747. The van der Waals surface area contributed by atoms with Crippen molar-refractivity contribution in [2.24, 2.45) is 5.92 Å². The van der Waals surface area contributed by atoms with Gasteiger partial charge in [-0.25, -0.2) is 0 Å². The van der Waals surface area contributed by atoms with Crippen molar-refractivity contribution in [2.45, 2.75) is 25.7 Å². The fourth-order valence-electron chi connectivity index (χ4n) is 2.73. The lowest BCUT2D eigenvalue weighted by Crippen LogP contribution is -2.37. The molecular weight excluding hydrogens is 266 g/mol. The molecule has 1 aliphatic rings. The minimum Gasteiger partial charge on any atom is -0.481 e. The molecule has 21 heavy (non-hydrogen) atoms. The van der Waals surface area contributed by atoms with Crippen LogP contribution in [0.1, 0.15) is 24.8 Å². The second-order valence-electron chi connectivity index (χ2n) is 5.66. The van der Waals surface area contributed by atoms with Crippen LogP contribution in [-0.2, 0) is 16.0 Å². The lowest BCUT2D eigenvalue weighted by molar-refractivity contribution is -0.143. The van der Waals surface area contributed by atoms with E-state index in [9.17, 15) is 4.79 Å². The van der Waals surface area contributed by atoms with Gasteiger partial charge in [-0.1, -0.05) is 30.3 Å². The van der Waals surface area contributed by atoms with E-state index in [1.165, 1.54) is 5.56 Å². The maximum absolute atomic E-state index is 10.9. The van der Waals surface area contributed by atoms with Crippen LogP contribution < -0.4 is 0 Å². The molecule has 0 atom stereocenters. The lowest BCUT2D eigenvalue weighted by atomic mass is 9.97. The highest BCUT2D eigenvalue weighted by Crippen LogP contribution is 2.17. The largest absolute Gasteiger partial charge is 0.481 e. The van der Waals surface area contributed by atoms with E-state index in [-0.39, 0.29) is 5.92 Å². The van der Waals surface area contributed by atoms with Crippen molar-refractivity contribution in [3.63, 3.8) is 0 Å². The van der Waals surface area contributed by atoms with Crippen molar-refractivity contribution < 1.29 is 14.6 Å². The van der Waals surface area contributed by atoms with E-state index in [4.69, 9.17) is 9.84 Å². The predicted octanol–water partition coefficient (Wildman–Crippen LogP) is 2.43. The number of ether oxygens (including phenoxy) is 1. The molecule has 0 radical (unpaired) electrons. The summed E-state index contributed by atoms with van der Waals surface area (Å²) in [7, 11) is 0. The molecule has 4 nitrogen and oxygen atoms in total. The third kappa shape index (κ3) is 5.86. The number of piperidine rings is 1. The second kappa shape index (κ2) is 8.80. The van der Waals surface area contributed by atoms with Gasteiger partial charge in [0.05, 0.1) is 12.5 Å². The Morgan fingerprint density at radius 1 is 1.19 bits per heavy atom. The van der Waals surface area contributed by atoms with Crippen molar-refractivity contribution in [3.05, 3.63) is 35.9 Å². The summed E-state index contributed by atoms with van der Waals surface area (Å²) in [5.41, 5.74) is 1.31. The van der Waals surface area contributed by atoms with Gasteiger partial charge in [0.1, 0.15) is 0 Å². The van der Waals surface area contributed by atoms with Gasteiger partial charge in [0, 0.05) is 13.2 Å². The minimum atomic E-state index is -0.640. The van der Waals surface area contributed by atoms with Crippen LogP contribution in [0.5, 0.6) is 0 Å². The molecule has 2 rings (SSSR count). The Balaban J connectivity index is 1.48. The first kappa shape index (κ1) is 16.0. The summed E-state index contributed by atoms with van der Waals surface area (Å²) in [6.45, 7) is 4.37. The van der Waals surface area contributed by atoms with E-state index >= 15 is 0 Å². The number of hydrogen-bond acceptors (Lipinski definition) is 3. The average Bonchev–Trinajstić information content (AvgIpc) is 2.52. The molecule has 0 amide bonds. The summed E-state index contributed by atoms with van der Waals surface area (Å²) >= 11 is 0. The molecule has 1 aromatic carbocycles. The molecule has 1 aliphatic heterocycles. The van der Waals surface area contributed by atoms with Gasteiger partial charge in [-0.15, -0.1) is 0 Å². The molecular formula is C17H25NO3. The highest BCUT2D eigenvalue weighted by molar-refractivity contribution is 5.70. The van der Waals surface area contributed by atoms with E-state index in [1.807, 2.05) is 6.07 Å². The van der Waals surface area contributed by atoms with Crippen LogP contribution in [0, 0.1) is 5.92 Å². The molecule has 116 valence electrons. The summed E-state index contributed by atoms with van der Waals surface area (Å²) < 4.78 is 5.67. The zero-order valence-electron chi connectivity index (χ0n) is 12.5. The van der Waals surface area contributed by atoms with Crippen LogP contribution in [0.3, 0.4) is 0 Å². The zero-order valence-corrected chi connectivity index (χ0v) is 12.5. The van der Waals surface area contributed by atoms with Gasteiger partial charge in [0.2, 0.25) is 0 Å². The molecule has 0 saturated carbocycles. The molecule has 1 N–H and O–H groups in total. The van der Waals surface area contributed by atoms with Crippen molar-refractivity contribution >= 4 is 5.97 Å². The number of rotatable bonds is 8. The van der Waals surface area contributed by atoms with Gasteiger partial charge in [-0.3, -0.25) is 4.79 Å². The van der Waals surface area contributed by atoms with Crippen LogP contribution in [0.4, 0.5) is 0 Å². The maximum atomic E-state index is 10.9. The monoisotopic (exact) mass is 291 g/mol. The van der Waals surface area contributed by atoms with Crippen LogP contribution in [0.15, 0.2) is 30.3 Å². The van der Waals surface area contributed by atoms with Crippen molar-refractivity contribution in [3.8, 4) is 0 Å². The third-order valence-electron chi connectivity index (χ3n) is 4.08. The number of benzene rings is 1. The van der Waals surface area contributed by atoms with Gasteiger partial charge in [0.25, 0.3) is 0 Å². The van der Waals surface area contributed by atoms with Gasteiger partial charge in [-0.2, -0.15) is 0 Å². The Morgan fingerprint density at radius 2 is 1.90 bits per heavy atom. The van der Waals surface area contributed by atoms with Crippen LogP contribution in [0.2, 0.25) is 0 Å². The molecule has 1 fully saturated rings. The zero-order chi connectivity index (χ0) is 14.9. The molecule has 0 spiro atoms. The summed E-state index contributed by atoms with van der Waals surface area (Å²) in [5, 5.41) is 8.95. The Labute approximate surface area is 126 Å². The van der Waals surface area contributed by atoms with Crippen LogP contribution in [-0.4, -0.2) is 48.8 Å². The Morgan fingerprint density at radius 3 is 2.57 bits per heavy atom. The highest BCUT2D eigenvalue weighted by atomic mass is 16.5. The summed E-state index contributed by atoms with van der Waals surface area (Å²) in [4.78, 5) is 13.2. The van der Waals surface area contributed by atoms with E-state index < -0.39 is 5.97 Å². The fourth-order valence-corrected chi connectivity index (χ4v) is 2.73. The first-order valence-corrected chi connectivity index (χ1v) is 7.82. The maximum Gasteiger partial charge on any atom is 0.306 e. The molecule has 0 aliphatic carbocycles. The van der Waals surface area contributed by atoms with Gasteiger partial charge < -0.3 is 14.7 Å². The van der Waals surface area contributed by atoms with Gasteiger partial charge in [-0.05, 0) is 44.3 Å². The Hall–Kier alpha value is -1.39. The number of aliphatic carboxylic acids is 1.